The first-order valence-corrected chi connectivity index (χ1v) is 7.41. The lowest BCUT2D eigenvalue weighted by atomic mass is 9.90. The summed E-state index contributed by atoms with van der Waals surface area (Å²) < 4.78 is 34.6. The first kappa shape index (κ1) is 18.7. The van der Waals surface area contributed by atoms with Crippen LogP contribution in [0.2, 0.25) is 0 Å². The number of nitrogens with one attached hydrogen (secondary N) is 1. The first-order valence-electron chi connectivity index (χ1n) is 7.41. The summed E-state index contributed by atoms with van der Waals surface area (Å²) in [6.45, 7) is 4.50. The number of anilines is 1. The van der Waals surface area contributed by atoms with Crippen LogP contribution in [0.15, 0.2) is 18.2 Å². The number of hydrogen-bond donors (Lipinski definition) is 2. The molecule has 1 fully saturated rings. The molecule has 1 saturated heterocycles. The number of rotatable bonds is 4. The Hall–Kier alpha value is -1.64. The zero-order valence-electron chi connectivity index (χ0n) is 13.2. The van der Waals surface area contributed by atoms with Crippen LogP contribution in [0, 0.1) is 5.41 Å². The normalized spacial score (nSPS) is 24.5. The van der Waals surface area contributed by atoms with E-state index in [4.69, 9.17) is 5.73 Å². The zero-order chi connectivity index (χ0) is 16.7. The van der Waals surface area contributed by atoms with Crippen LogP contribution in [0.25, 0.3) is 0 Å². The van der Waals surface area contributed by atoms with Crippen LogP contribution in [-0.2, 0) is 4.79 Å². The van der Waals surface area contributed by atoms with E-state index in [0.717, 1.165) is 19.5 Å². The summed E-state index contributed by atoms with van der Waals surface area (Å²) in [6.07, 6.45) is -2.71. The molecule has 0 saturated carbocycles. The molecule has 0 radical (unpaired) electrons. The fraction of sp³-hybridized carbons (Fsp3) is 0.533. The van der Waals surface area contributed by atoms with Crippen LogP contribution in [0.3, 0.4) is 0 Å². The minimum Gasteiger partial charge on any atom is -0.395 e. The van der Waals surface area contributed by atoms with Crippen molar-refractivity contribution in [3.05, 3.63) is 18.2 Å². The van der Waals surface area contributed by atoms with Crippen LogP contribution < -0.4 is 20.5 Å². The highest BCUT2D eigenvalue weighted by atomic mass is 35.5. The number of carbonyl (C=O) groups is 1. The predicted octanol–water partition coefficient (Wildman–Crippen LogP) is 2.04. The van der Waals surface area contributed by atoms with Crippen LogP contribution in [0.5, 0.6) is 11.5 Å². The van der Waals surface area contributed by atoms with Crippen molar-refractivity contribution in [3.8, 4) is 11.5 Å². The van der Waals surface area contributed by atoms with Crippen molar-refractivity contribution in [2.75, 3.05) is 31.5 Å². The number of nitrogens with zero attached hydrogens (tertiary/aromatic N) is 1. The quantitative estimate of drug-likeness (QED) is 0.856. The minimum atomic E-state index is -3.66. The van der Waals surface area contributed by atoms with Crippen molar-refractivity contribution < 1.29 is 23.0 Å². The van der Waals surface area contributed by atoms with E-state index in [0.29, 0.717) is 12.2 Å². The summed E-state index contributed by atoms with van der Waals surface area (Å²) in [5, 5.41) is 2.68. The molecule has 9 heteroatoms. The molecule has 1 atom stereocenters. The molecule has 2 aliphatic heterocycles. The lowest BCUT2D eigenvalue weighted by Crippen LogP contribution is -2.35. The minimum absolute atomic E-state index is 0. The van der Waals surface area contributed by atoms with Crippen molar-refractivity contribution in [1.82, 2.24) is 4.90 Å². The summed E-state index contributed by atoms with van der Waals surface area (Å²) in [4.78, 5) is 14.1. The molecule has 0 aromatic heterocycles. The van der Waals surface area contributed by atoms with E-state index in [1.807, 2.05) is 4.90 Å². The number of alkyl halides is 2. The molecule has 134 valence electrons. The second-order valence-electron chi connectivity index (χ2n) is 6.35. The number of hydrogen-bond acceptors (Lipinski definition) is 5. The maximum Gasteiger partial charge on any atom is 0.586 e. The third kappa shape index (κ3) is 4.06. The maximum absolute atomic E-state index is 13.0. The molecule has 0 spiro atoms. The number of likely N-dealkylation sites (tertiary alicyclic amines) is 1. The van der Waals surface area contributed by atoms with Gasteiger partial charge < -0.3 is 20.5 Å². The van der Waals surface area contributed by atoms with Gasteiger partial charge in [-0.15, -0.1) is 21.2 Å². The second kappa shape index (κ2) is 6.70. The highest BCUT2D eigenvalue weighted by Gasteiger charge is 2.43. The van der Waals surface area contributed by atoms with E-state index >= 15 is 0 Å². The van der Waals surface area contributed by atoms with E-state index in [9.17, 15) is 13.6 Å². The standard InChI is InChI=1S/C15H19F2N3O3.ClH/c1-14(8-18)4-5-20(9-14)7-13(21)19-10-2-3-11-12(6-10)23-15(16,17)22-11;/h2-3,6H,4-5,7-9,18H2,1H3,(H,19,21);1H. The van der Waals surface area contributed by atoms with Gasteiger partial charge in [-0.1, -0.05) is 6.92 Å². The molecule has 2 heterocycles. The van der Waals surface area contributed by atoms with Crippen LogP contribution in [0.1, 0.15) is 13.3 Å². The Balaban J connectivity index is 0.00000208. The molecule has 24 heavy (non-hydrogen) atoms. The number of benzene rings is 1. The summed E-state index contributed by atoms with van der Waals surface area (Å²) >= 11 is 0. The summed E-state index contributed by atoms with van der Waals surface area (Å²) in [5.74, 6) is -0.354. The van der Waals surface area contributed by atoms with E-state index in [2.05, 4.69) is 21.7 Å². The van der Waals surface area contributed by atoms with Crippen LogP contribution in [-0.4, -0.2) is 43.3 Å². The molecule has 0 bridgehead atoms. The number of nitrogens with two attached hydrogens (primary N) is 1. The number of carbonyl (C=O) groups excluding carboxylic acids is 1. The largest absolute Gasteiger partial charge is 0.586 e. The van der Waals surface area contributed by atoms with Gasteiger partial charge in [-0.3, -0.25) is 9.69 Å². The van der Waals surface area contributed by atoms with Crippen molar-refractivity contribution in [3.63, 3.8) is 0 Å². The number of halogens is 3. The van der Waals surface area contributed by atoms with E-state index < -0.39 is 6.29 Å². The molecular weight excluding hydrogens is 344 g/mol. The Morgan fingerprint density at radius 3 is 2.75 bits per heavy atom. The summed E-state index contributed by atoms with van der Waals surface area (Å²) in [7, 11) is 0. The maximum atomic E-state index is 13.0. The van der Waals surface area contributed by atoms with Crippen LogP contribution >= 0.6 is 12.4 Å². The van der Waals surface area contributed by atoms with Gasteiger partial charge in [-0.2, -0.15) is 0 Å². The molecule has 1 amide bonds. The molecular formula is C15H20ClF2N3O3. The third-order valence-corrected chi connectivity index (χ3v) is 4.18. The van der Waals surface area contributed by atoms with Gasteiger partial charge >= 0.3 is 6.29 Å². The highest BCUT2D eigenvalue weighted by molar-refractivity contribution is 5.92. The predicted molar refractivity (Wildman–Crippen MR) is 86.7 cm³/mol. The number of amides is 1. The Labute approximate surface area is 144 Å². The van der Waals surface area contributed by atoms with E-state index in [1.54, 1.807) is 0 Å². The first-order chi connectivity index (χ1) is 10.8. The van der Waals surface area contributed by atoms with Crippen molar-refractivity contribution in [1.29, 1.82) is 0 Å². The van der Waals surface area contributed by atoms with Crippen molar-refractivity contribution in [2.24, 2.45) is 11.1 Å². The molecule has 6 nitrogen and oxygen atoms in total. The average molecular weight is 364 g/mol. The second-order valence-corrected chi connectivity index (χ2v) is 6.35. The van der Waals surface area contributed by atoms with Gasteiger partial charge in [0.25, 0.3) is 0 Å². The van der Waals surface area contributed by atoms with Gasteiger partial charge in [0.15, 0.2) is 11.5 Å². The Morgan fingerprint density at radius 1 is 1.38 bits per heavy atom. The van der Waals surface area contributed by atoms with Gasteiger partial charge in [0.1, 0.15) is 0 Å². The van der Waals surface area contributed by atoms with Gasteiger partial charge in [0, 0.05) is 18.3 Å². The molecule has 1 unspecified atom stereocenters. The van der Waals surface area contributed by atoms with E-state index in [1.165, 1.54) is 18.2 Å². The molecule has 2 aliphatic rings. The molecule has 1 aromatic rings. The summed E-state index contributed by atoms with van der Waals surface area (Å²) in [5.41, 5.74) is 6.18. The molecule has 1 aromatic carbocycles. The monoisotopic (exact) mass is 363 g/mol. The fourth-order valence-corrected chi connectivity index (χ4v) is 2.86. The lowest BCUT2D eigenvalue weighted by molar-refractivity contribution is -0.286. The fourth-order valence-electron chi connectivity index (χ4n) is 2.86. The Morgan fingerprint density at radius 2 is 2.08 bits per heavy atom. The van der Waals surface area contributed by atoms with Crippen molar-refractivity contribution in [2.45, 2.75) is 19.6 Å². The number of fused-ring (bicyclic) bond motifs is 1. The van der Waals surface area contributed by atoms with Gasteiger partial charge in [-0.05, 0) is 37.1 Å². The highest BCUT2D eigenvalue weighted by Crippen LogP contribution is 2.42. The number of ether oxygens (including phenoxy) is 2. The van der Waals surface area contributed by atoms with Gasteiger partial charge in [-0.25, -0.2) is 0 Å². The third-order valence-electron chi connectivity index (χ3n) is 4.18. The van der Waals surface area contributed by atoms with Crippen molar-refractivity contribution >= 4 is 24.0 Å². The molecule has 0 aliphatic carbocycles. The molecule has 3 rings (SSSR count). The SMILES string of the molecule is CC1(CN)CCN(CC(=O)Nc2ccc3c(c2)OC(F)(F)O3)C1.Cl. The molecule has 3 N–H and O–H groups in total. The van der Waals surface area contributed by atoms with Gasteiger partial charge in [0.2, 0.25) is 5.91 Å². The smallest absolute Gasteiger partial charge is 0.395 e. The average Bonchev–Trinajstić information content (AvgIpc) is 2.97. The van der Waals surface area contributed by atoms with Gasteiger partial charge in [0.05, 0.1) is 6.54 Å². The topological polar surface area (TPSA) is 76.8 Å². The lowest BCUT2D eigenvalue weighted by Gasteiger charge is -2.22. The Bertz CT molecular complexity index is 632. The Kier molecular flexibility index (Phi) is 5.22. The van der Waals surface area contributed by atoms with E-state index in [-0.39, 0.29) is 41.8 Å². The summed E-state index contributed by atoms with van der Waals surface area (Å²) in [6, 6.07) is 4.16. The van der Waals surface area contributed by atoms with Crippen LogP contribution in [0.4, 0.5) is 14.5 Å². The zero-order valence-corrected chi connectivity index (χ0v) is 14.0.